The van der Waals surface area contributed by atoms with Crippen LogP contribution in [0.25, 0.3) is 0 Å². The molecule has 0 fully saturated rings. The van der Waals surface area contributed by atoms with Gasteiger partial charge in [0, 0.05) is 10.2 Å². The first-order valence-electron chi connectivity index (χ1n) is 4.36. The smallest absolute Gasteiger partial charge is 0.141 e. The van der Waals surface area contributed by atoms with E-state index in [9.17, 15) is 4.79 Å². The van der Waals surface area contributed by atoms with Crippen LogP contribution in [-0.2, 0) is 4.79 Å². The zero-order chi connectivity index (χ0) is 10.6. The van der Waals surface area contributed by atoms with Gasteiger partial charge in [0.1, 0.15) is 6.29 Å². The molecule has 0 bridgehead atoms. The standard InChI is InChI=1S/C11H12BrNO/c1-8-7-10(3-4-11(8)12)9(2)13-5-6-14/h3-4,6-7H,5H2,1-2H3. The number of halogens is 1. The average Bonchev–Trinajstić information content (AvgIpc) is 2.18. The number of rotatable bonds is 3. The molecule has 74 valence electrons. The Bertz CT molecular complexity index is 372. The molecule has 0 heterocycles. The molecule has 0 amide bonds. The summed E-state index contributed by atoms with van der Waals surface area (Å²) in [6.07, 6.45) is 0.801. The Morgan fingerprint density at radius 2 is 2.29 bits per heavy atom. The molecule has 14 heavy (non-hydrogen) atoms. The molecule has 0 N–H and O–H groups in total. The number of carbonyl (C=O) groups excluding carboxylic acids is 1. The lowest BCUT2D eigenvalue weighted by atomic mass is 10.1. The van der Waals surface area contributed by atoms with E-state index >= 15 is 0 Å². The van der Waals surface area contributed by atoms with Crippen molar-refractivity contribution in [2.24, 2.45) is 4.99 Å². The topological polar surface area (TPSA) is 29.4 Å². The van der Waals surface area contributed by atoms with Crippen LogP contribution in [0.1, 0.15) is 18.1 Å². The van der Waals surface area contributed by atoms with Crippen LogP contribution in [0.4, 0.5) is 0 Å². The molecule has 0 saturated carbocycles. The van der Waals surface area contributed by atoms with Gasteiger partial charge in [0.2, 0.25) is 0 Å². The predicted octanol–water partition coefficient (Wildman–Crippen LogP) is 2.77. The maximum absolute atomic E-state index is 10.1. The fourth-order valence-corrected chi connectivity index (χ4v) is 1.38. The van der Waals surface area contributed by atoms with Gasteiger partial charge >= 0.3 is 0 Å². The molecule has 0 saturated heterocycles. The molecule has 1 aromatic carbocycles. The highest BCUT2D eigenvalue weighted by atomic mass is 79.9. The number of hydrogen-bond acceptors (Lipinski definition) is 2. The highest BCUT2D eigenvalue weighted by Crippen LogP contribution is 2.17. The van der Waals surface area contributed by atoms with Crippen LogP contribution in [0.15, 0.2) is 27.7 Å². The lowest BCUT2D eigenvalue weighted by Crippen LogP contribution is -1.97. The molecule has 0 aliphatic carbocycles. The van der Waals surface area contributed by atoms with Crippen LogP contribution in [-0.4, -0.2) is 18.5 Å². The molecule has 1 aromatic rings. The second-order valence-electron chi connectivity index (χ2n) is 3.06. The molecule has 0 aromatic heterocycles. The van der Waals surface area contributed by atoms with Crippen LogP contribution in [0.2, 0.25) is 0 Å². The first-order valence-corrected chi connectivity index (χ1v) is 5.15. The quantitative estimate of drug-likeness (QED) is 0.602. The van der Waals surface area contributed by atoms with E-state index in [2.05, 4.69) is 20.9 Å². The molecule has 1 rings (SSSR count). The maximum atomic E-state index is 10.1. The zero-order valence-corrected chi connectivity index (χ0v) is 9.84. The Morgan fingerprint density at radius 3 is 2.86 bits per heavy atom. The SMILES string of the molecule is CC(=NCC=O)c1ccc(Br)c(C)c1. The van der Waals surface area contributed by atoms with Gasteiger partial charge in [-0.3, -0.25) is 4.99 Å². The Labute approximate surface area is 92.2 Å². The fraction of sp³-hybridized carbons (Fsp3) is 0.273. The third kappa shape index (κ3) is 2.77. The monoisotopic (exact) mass is 253 g/mol. The molecule has 0 atom stereocenters. The summed E-state index contributed by atoms with van der Waals surface area (Å²) in [5, 5.41) is 0. The zero-order valence-electron chi connectivity index (χ0n) is 8.25. The number of aryl methyl sites for hydroxylation is 1. The van der Waals surface area contributed by atoms with Crippen molar-refractivity contribution in [2.75, 3.05) is 6.54 Å². The van der Waals surface area contributed by atoms with E-state index in [0.717, 1.165) is 22.0 Å². The van der Waals surface area contributed by atoms with E-state index < -0.39 is 0 Å². The van der Waals surface area contributed by atoms with Gasteiger partial charge in [0.25, 0.3) is 0 Å². The number of carbonyl (C=O) groups is 1. The summed E-state index contributed by atoms with van der Waals surface area (Å²) in [6.45, 7) is 4.17. The lowest BCUT2D eigenvalue weighted by Gasteiger charge is -2.03. The van der Waals surface area contributed by atoms with Crippen molar-refractivity contribution >= 4 is 27.9 Å². The average molecular weight is 254 g/mol. The van der Waals surface area contributed by atoms with E-state index in [4.69, 9.17) is 0 Å². The van der Waals surface area contributed by atoms with Gasteiger partial charge in [-0.1, -0.05) is 22.0 Å². The van der Waals surface area contributed by atoms with E-state index in [1.807, 2.05) is 32.0 Å². The van der Waals surface area contributed by atoms with E-state index in [1.165, 1.54) is 5.56 Å². The summed E-state index contributed by atoms with van der Waals surface area (Å²) < 4.78 is 1.09. The molecule has 0 spiro atoms. The Morgan fingerprint density at radius 1 is 1.57 bits per heavy atom. The molecular weight excluding hydrogens is 242 g/mol. The van der Waals surface area contributed by atoms with Gasteiger partial charge in [-0.05, 0) is 37.1 Å². The third-order valence-electron chi connectivity index (χ3n) is 1.98. The van der Waals surface area contributed by atoms with Crippen molar-refractivity contribution < 1.29 is 4.79 Å². The maximum Gasteiger partial charge on any atom is 0.141 e. The Kier molecular flexibility index (Phi) is 4.01. The molecule has 0 radical (unpaired) electrons. The number of nitrogens with zero attached hydrogens (tertiary/aromatic N) is 1. The Balaban J connectivity index is 2.96. The summed E-state index contributed by atoms with van der Waals surface area (Å²) in [5.74, 6) is 0. The van der Waals surface area contributed by atoms with E-state index in [-0.39, 0.29) is 6.54 Å². The van der Waals surface area contributed by atoms with Crippen molar-refractivity contribution in [3.63, 3.8) is 0 Å². The largest absolute Gasteiger partial charge is 0.301 e. The summed E-state index contributed by atoms with van der Waals surface area (Å²) in [6, 6.07) is 6.03. The number of aldehydes is 1. The molecule has 0 aliphatic rings. The minimum Gasteiger partial charge on any atom is -0.301 e. The van der Waals surface area contributed by atoms with Gasteiger partial charge in [-0.15, -0.1) is 0 Å². The second-order valence-corrected chi connectivity index (χ2v) is 3.91. The molecule has 0 aliphatic heterocycles. The van der Waals surface area contributed by atoms with Crippen molar-refractivity contribution in [2.45, 2.75) is 13.8 Å². The van der Waals surface area contributed by atoms with Gasteiger partial charge in [0.05, 0.1) is 6.54 Å². The van der Waals surface area contributed by atoms with Crippen LogP contribution >= 0.6 is 15.9 Å². The van der Waals surface area contributed by atoms with Crippen LogP contribution in [0.5, 0.6) is 0 Å². The summed E-state index contributed by atoms with van der Waals surface area (Å²) >= 11 is 3.44. The summed E-state index contributed by atoms with van der Waals surface area (Å²) in [4.78, 5) is 14.3. The molecule has 0 unspecified atom stereocenters. The van der Waals surface area contributed by atoms with Gasteiger partial charge < -0.3 is 4.79 Å². The van der Waals surface area contributed by atoms with Gasteiger partial charge in [-0.2, -0.15) is 0 Å². The third-order valence-corrected chi connectivity index (χ3v) is 2.87. The summed E-state index contributed by atoms with van der Waals surface area (Å²) in [7, 11) is 0. The predicted molar refractivity (Wildman–Crippen MR) is 62.0 cm³/mol. The molecular formula is C11H12BrNO. The number of benzene rings is 1. The lowest BCUT2D eigenvalue weighted by molar-refractivity contribution is -0.106. The van der Waals surface area contributed by atoms with Crippen molar-refractivity contribution in [1.82, 2.24) is 0 Å². The van der Waals surface area contributed by atoms with Gasteiger partial charge in [0.15, 0.2) is 0 Å². The van der Waals surface area contributed by atoms with Gasteiger partial charge in [-0.25, -0.2) is 0 Å². The number of aliphatic imine (C=N–C) groups is 1. The van der Waals surface area contributed by atoms with Crippen LogP contribution < -0.4 is 0 Å². The first kappa shape index (κ1) is 11.1. The Hall–Kier alpha value is -0.960. The van der Waals surface area contributed by atoms with Crippen molar-refractivity contribution in [3.05, 3.63) is 33.8 Å². The van der Waals surface area contributed by atoms with Crippen molar-refractivity contribution in [1.29, 1.82) is 0 Å². The van der Waals surface area contributed by atoms with E-state index in [1.54, 1.807) is 0 Å². The summed E-state index contributed by atoms with van der Waals surface area (Å²) in [5.41, 5.74) is 3.13. The van der Waals surface area contributed by atoms with Crippen molar-refractivity contribution in [3.8, 4) is 0 Å². The first-order chi connectivity index (χ1) is 6.65. The highest BCUT2D eigenvalue weighted by molar-refractivity contribution is 9.10. The minimum absolute atomic E-state index is 0.237. The molecule has 2 nitrogen and oxygen atoms in total. The van der Waals surface area contributed by atoms with Crippen LogP contribution in [0.3, 0.4) is 0 Å². The number of hydrogen-bond donors (Lipinski definition) is 0. The minimum atomic E-state index is 0.237. The van der Waals surface area contributed by atoms with Crippen LogP contribution in [0, 0.1) is 6.92 Å². The second kappa shape index (κ2) is 5.05. The van der Waals surface area contributed by atoms with E-state index in [0.29, 0.717) is 0 Å². The molecule has 3 heteroatoms. The highest BCUT2D eigenvalue weighted by Gasteiger charge is 1.99. The fourth-order valence-electron chi connectivity index (χ4n) is 1.14. The normalized spacial score (nSPS) is 11.5.